The lowest BCUT2D eigenvalue weighted by molar-refractivity contribution is -0.314. The maximum atomic E-state index is 11.1. The summed E-state index contributed by atoms with van der Waals surface area (Å²) in [5.41, 5.74) is 2.12. The van der Waals surface area contributed by atoms with Crippen LogP contribution in [0.3, 0.4) is 0 Å². The largest absolute Gasteiger partial charge is 0.482 e. The first kappa shape index (κ1) is 30.2. The van der Waals surface area contributed by atoms with E-state index in [9.17, 15) is 30.3 Å². The average Bonchev–Trinajstić information content (AvgIpc) is 3.25. The van der Waals surface area contributed by atoms with E-state index in [4.69, 9.17) is 19.3 Å². The summed E-state index contributed by atoms with van der Waals surface area (Å²) in [5, 5.41) is 60.4. The molecule has 1 saturated heterocycles. The smallest absolute Gasteiger partial charge is 0.341 e. The predicted octanol–water partition coefficient (Wildman–Crippen LogP) is 1.41. The highest BCUT2D eigenvalue weighted by Gasteiger charge is 2.50. The summed E-state index contributed by atoms with van der Waals surface area (Å²) in [5.74, 6) is 0.0522. The molecule has 0 bridgehead atoms. The molecular weight excluding hydrogens is 508 g/mol. The Hall–Kier alpha value is -1.79. The minimum Gasteiger partial charge on any atom is -0.482 e. The van der Waals surface area contributed by atoms with Crippen molar-refractivity contribution in [2.75, 3.05) is 13.2 Å². The Bertz CT molecular complexity index is 939. The van der Waals surface area contributed by atoms with Crippen LogP contribution in [-0.2, 0) is 27.1 Å². The molecule has 3 aliphatic rings. The summed E-state index contributed by atoms with van der Waals surface area (Å²) in [6.45, 7) is 1.19. The van der Waals surface area contributed by atoms with Crippen molar-refractivity contribution in [3.63, 3.8) is 0 Å². The molecule has 6 N–H and O–H groups in total. The molecule has 1 aromatic carbocycles. The van der Waals surface area contributed by atoms with Crippen molar-refractivity contribution in [3.05, 3.63) is 29.3 Å². The fraction of sp³-hybridized carbons (Fsp3) is 0.759. The number of carboxylic acid groups (broad SMARTS) is 1. The number of fused-ring (bicyclic) bond motifs is 2. The fourth-order valence-corrected chi connectivity index (χ4v) is 6.72. The predicted molar refractivity (Wildman–Crippen MR) is 140 cm³/mol. The van der Waals surface area contributed by atoms with Gasteiger partial charge in [0.2, 0.25) is 0 Å². The summed E-state index contributed by atoms with van der Waals surface area (Å²) in [7, 11) is 0. The second-order valence-corrected chi connectivity index (χ2v) is 11.4. The number of aliphatic hydroxyl groups excluding tert-OH is 5. The van der Waals surface area contributed by atoms with Gasteiger partial charge in [0.25, 0.3) is 0 Å². The van der Waals surface area contributed by atoms with Gasteiger partial charge in [0, 0.05) is 0 Å². The molecule has 2 aliphatic carbocycles. The number of carbonyl (C=O) groups is 1. The van der Waals surface area contributed by atoms with Gasteiger partial charge in [-0.3, -0.25) is 0 Å². The molecular formula is C29H44O10. The minimum atomic E-state index is -1.51. The van der Waals surface area contributed by atoms with Crippen LogP contribution < -0.4 is 4.74 Å². The van der Waals surface area contributed by atoms with Gasteiger partial charge in [-0.05, 0) is 73.5 Å². The Morgan fingerprint density at radius 3 is 2.62 bits per heavy atom. The number of aliphatic hydroxyl groups is 5. The Kier molecular flexibility index (Phi) is 10.6. The Balaban J connectivity index is 1.51. The van der Waals surface area contributed by atoms with Crippen LogP contribution in [0.4, 0.5) is 0 Å². The first-order chi connectivity index (χ1) is 18.7. The zero-order chi connectivity index (χ0) is 28.1. The van der Waals surface area contributed by atoms with Gasteiger partial charge in [0.15, 0.2) is 12.9 Å². The minimum absolute atomic E-state index is 0.0555. The van der Waals surface area contributed by atoms with E-state index in [0.717, 1.165) is 49.7 Å². The maximum absolute atomic E-state index is 11.1. The van der Waals surface area contributed by atoms with Crippen molar-refractivity contribution in [1.29, 1.82) is 0 Å². The first-order valence-electron chi connectivity index (χ1n) is 14.3. The average molecular weight is 553 g/mol. The van der Waals surface area contributed by atoms with Gasteiger partial charge in [0.1, 0.15) is 30.2 Å². The van der Waals surface area contributed by atoms with Crippen molar-refractivity contribution in [1.82, 2.24) is 0 Å². The molecule has 1 saturated carbocycles. The lowest BCUT2D eigenvalue weighted by Gasteiger charge is -2.41. The van der Waals surface area contributed by atoms with E-state index in [1.165, 1.54) is 0 Å². The molecule has 1 heterocycles. The van der Waals surface area contributed by atoms with E-state index in [-0.39, 0.29) is 23.9 Å². The van der Waals surface area contributed by atoms with Gasteiger partial charge in [0.05, 0.1) is 18.8 Å². The van der Waals surface area contributed by atoms with Crippen LogP contribution in [0.5, 0.6) is 5.75 Å². The number of unbranched alkanes of at least 4 members (excludes halogenated alkanes) is 2. The second-order valence-electron chi connectivity index (χ2n) is 11.4. The molecule has 39 heavy (non-hydrogen) atoms. The third kappa shape index (κ3) is 7.11. The normalized spacial score (nSPS) is 34.8. The van der Waals surface area contributed by atoms with Crippen LogP contribution in [0.15, 0.2) is 18.2 Å². The Morgan fingerprint density at radius 2 is 1.90 bits per heavy atom. The lowest BCUT2D eigenvalue weighted by Crippen LogP contribution is -2.59. The molecule has 4 rings (SSSR count). The molecule has 0 aromatic heterocycles. The van der Waals surface area contributed by atoms with Crippen molar-refractivity contribution in [2.24, 2.45) is 17.8 Å². The SMILES string of the molecule is CCCCC[C@@H](O)CC[C@H]1[C@@H]2Cc3cccc(OCC(=O)O)c3C[C@@H]2C[C@@H]1O[C@@H]1O[C@H](CO)[C@H](O)[C@H](O)[C@H]1O. The highest BCUT2D eigenvalue weighted by molar-refractivity contribution is 5.68. The van der Waals surface area contributed by atoms with Crippen LogP contribution >= 0.6 is 0 Å². The summed E-state index contributed by atoms with van der Waals surface area (Å²) in [4.78, 5) is 11.1. The van der Waals surface area contributed by atoms with E-state index in [1.54, 1.807) is 6.07 Å². The first-order valence-corrected chi connectivity index (χ1v) is 14.3. The highest BCUT2D eigenvalue weighted by atomic mass is 16.7. The highest BCUT2D eigenvalue weighted by Crippen LogP contribution is 2.50. The van der Waals surface area contributed by atoms with Crippen LogP contribution in [0.1, 0.15) is 63.0 Å². The number of aliphatic carboxylic acids is 1. The van der Waals surface area contributed by atoms with E-state index in [2.05, 4.69) is 6.92 Å². The van der Waals surface area contributed by atoms with Crippen molar-refractivity contribution in [3.8, 4) is 5.75 Å². The standard InChI is InChI=1S/C29H44O10/c1-2-3-4-7-18(31)9-10-19-20-11-16-6-5-8-22(37-15-25(32)33)21(16)12-17(20)13-23(19)38-29-28(36)27(35)26(34)24(14-30)39-29/h5-6,8,17-20,23-24,26-31,34-36H,2-4,7,9-15H2,1H3,(H,32,33)/t17-,18-,19+,20-,23+,24-,26+,27+,28-,29-/m1/s1. The molecule has 0 radical (unpaired) electrons. The Labute approximate surface area is 229 Å². The van der Waals surface area contributed by atoms with Gasteiger partial charge in [-0.2, -0.15) is 0 Å². The number of rotatable bonds is 13. The number of ether oxygens (including phenoxy) is 3. The van der Waals surface area contributed by atoms with E-state index >= 15 is 0 Å². The number of hydrogen-bond acceptors (Lipinski definition) is 9. The van der Waals surface area contributed by atoms with Gasteiger partial charge < -0.3 is 44.8 Å². The molecule has 220 valence electrons. The molecule has 0 spiro atoms. The topological polar surface area (TPSA) is 166 Å². The van der Waals surface area contributed by atoms with E-state index in [1.807, 2.05) is 12.1 Å². The summed E-state index contributed by atoms with van der Waals surface area (Å²) in [6, 6.07) is 5.71. The molecule has 2 fully saturated rings. The van der Waals surface area contributed by atoms with E-state index < -0.39 is 56.0 Å². The third-order valence-electron chi connectivity index (χ3n) is 8.80. The zero-order valence-corrected chi connectivity index (χ0v) is 22.6. The molecule has 10 atom stereocenters. The van der Waals surface area contributed by atoms with Gasteiger partial charge >= 0.3 is 5.97 Å². The number of carboxylic acids is 1. The second kappa shape index (κ2) is 13.7. The molecule has 0 amide bonds. The summed E-state index contributed by atoms with van der Waals surface area (Å²) < 4.78 is 17.6. The molecule has 1 aliphatic heterocycles. The summed E-state index contributed by atoms with van der Waals surface area (Å²) in [6.07, 6.45) is -0.0791. The summed E-state index contributed by atoms with van der Waals surface area (Å²) >= 11 is 0. The van der Waals surface area contributed by atoms with Gasteiger partial charge in [-0.1, -0.05) is 38.3 Å². The van der Waals surface area contributed by atoms with E-state index in [0.29, 0.717) is 25.0 Å². The van der Waals surface area contributed by atoms with Crippen LogP contribution in [0.25, 0.3) is 0 Å². The van der Waals surface area contributed by atoms with Gasteiger partial charge in [-0.25, -0.2) is 4.79 Å². The van der Waals surface area contributed by atoms with Gasteiger partial charge in [-0.15, -0.1) is 0 Å². The zero-order valence-electron chi connectivity index (χ0n) is 22.6. The molecule has 10 nitrogen and oxygen atoms in total. The van der Waals surface area contributed by atoms with Crippen molar-refractivity contribution >= 4 is 5.97 Å². The molecule has 0 unspecified atom stereocenters. The van der Waals surface area contributed by atoms with Crippen molar-refractivity contribution in [2.45, 2.75) is 108 Å². The fourth-order valence-electron chi connectivity index (χ4n) is 6.72. The monoisotopic (exact) mass is 552 g/mol. The third-order valence-corrected chi connectivity index (χ3v) is 8.80. The molecule has 1 aromatic rings. The Morgan fingerprint density at radius 1 is 1.10 bits per heavy atom. The van der Waals surface area contributed by atoms with Crippen LogP contribution in [0.2, 0.25) is 0 Å². The quantitative estimate of drug-likeness (QED) is 0.197. The van der Waals surface area contributed by atoms with Crippen molar-refractivity contribution < 1.29 is 49.6 Å². The molecule has 10 heteroatoms. The number of benzene rings is 1. The van der Waals surface area contributed by atoms with Crippen LogP contribution in [-0.4, -0.2) is 92.7 Å². The van der Waals surface area contributed by atoms with Crippen LogP contribution in [0, 0.1) is 17.8 Å². The maximum Gasteiger partial charge on any atom is 0.341 e. The number of hydrogen-bond donors (Lipinski definition) is 6. The lowest BCUT2D eigenvalue weighted by atomic mass is 9.73.